The first-order chi connectivity index (χ1) is 13.3. The maximum Gasteiger partial charge on any atom is 0.416 e. The van der Waals surface area contributed by atoms with Gasteiger partial charge in [0, 0.05) is 5.56 Å². The fourth-order valence-electron chi connectivity index (χ4n) is 3.45. The van der Waals surface area contributed by atoms with E-state index in [1.165, 1.54) is 0 Å². The van der Waals surface area contributed by atoms with Crippen molar-refractivity contribution in [1.82, 2.24) is 4.90 Å². The van der Waals surface area contributed by atoms with Gasteiger partial charge in [-0.15, -0.1) is 0 Å². The highest BCUT2D eigenvalue weighted by Crippen LogP contribution is 2.37. The average Bonchev–Trinajstić information content (AvgIpc) is 2.60. The summed E-state index contributed by atoms with van der Waals surface area (Å²) in [5.74, 6) is 5.43. The van der Waals surface area contributed by atoms with E-state index in [1.807, 2.05) is 18.7 Å². The lowest BCUT2D eigenvalue weighted by Gasteiger charge is -2.38. The molecule has 0 aromatic heterocycles. The van der Waals surface area contributed by atoms with E-state index in [2.05, 4.69) is 17.0 Å². The van der Waals surface area contributed by atoms with Gasteiger partial charge < -0.3 is 0 Å². The first kappa shape index (κ1) is 23.2. The Morgan fingerprint density at radius 2 is 1.52 bits per heavy atom. The fourth-order valence-corrected chi connectivity index (χ4v) is 3.45. The predicted octanol–water partition coefficient (Wildman–Crippen LogP) is 5.58. The Labute approximate surface area is 165 Å². The monoisotopic (exact) mass is 420 g/mol. The van der Waals surface area contributed by atoms with Crippen LogP contribution in [-0.2, 0) is 12.4 Å². The molecule has 1 fully saturated rings. The van der Waals surface area contributed by atoms with Crippen LogP contribution in [0.2, 0.25) is 0 Å². The van der Waals surface area contributed by atoms with Crippen LogP contribution in [0.3, 0.4) is 0 Å². The van der Waals surface area contributed by atoms with Crippen LogP contribution in [0.1, 0.15) is 43.4 Å². The molecule has 0 spiro atoms. The minimum Gasteiger partial charge on any atom is -0.292 e. The average molecular weight is 420 g/mol. The van der Waals surface area contributed by atoms with Crippen molar-refractivity contribution in [1.29, 1.82) is 0 Å². The van der Waals surface area contributed by atoms with Crippen molar-refractivity contribution in [2.45, 2.75) is 39.0 Å². The number of piperidine rings is 1. The first-order valence-electron chi connectivity index (χ1n) is 9.13. The van der Waals surface area contributed by atoms with E-state index in [-0.39, 0.29) is 30.1 Å². The van der Waals surface area contributed by atoms with Crippen molar-refractivity contribution in [2.24, 2.45) is 16.5 Å². The molecular formula is C20H22F6N2O. The molecule has 1 aromatic rings. The number of benzene rings is 1. The third-order valence-electron chi connectivity index (χ3n) is 5.29. The number of halogens is 6. The molecule has 0 saturated carbocycles. The van der Waals surface area contributed by atoms with Crippen molar-refractivity contribution in [3.63, 3.8) is 0 Å². The SMILES string of the molecule is CC(C)(CN=O)C1CCN(CC#Cc2cc(C(F)(F)F)cc(C(F)(F)F)c2)CC1. The van der Waals surface area contributed by atoms with Crippen LogP contribution in [0.15, 0.2) is 23.4 Å². The van der Waals surface area contributed by atoms with E-state index < -0.39 is 23.5 Å². The molecular weight excluding hydrogens is 398 g/mol. The zero-order chi connectivity index (χ0) is 21.9. The predicted molar refractivity (Wildman–Crippen MR) is 96.9 cm³/mol. The summed E-state index contributed by atoms with van der Waals surface area (Å²) in [6.07, 6.45) is -8.12. The van der Waals surface area contributed by atoms with E-state index in [9.17, 15) is 31.2 Å². The van der Waals surface area contributed by atoms with E-state index in [0.29, 0.717) is 31.1 Å². The number of hydrogen-bond donors (Lipinski definition) is 0. The lowest BCUT2D eigenvalue weighted by molar-refractivity contribution is -0.143. The van der Waals surface area contributed by atoms with Crippen LogP contribution in [0.25, 0.3) is 0 Å². The summed E-state index contributed by atoms with van der Waals surface area (Å²) in [6, 6.07) is 1.35. The van der Waals surface area contributed by atoms with Crippen molar-refractivity contribution in [3.8, 4) is 11.8 Å². The van der Waals surface area contributed by atoms with E-state index in [0.717, 1.165) is 12.8 Å². The van der Waals surface area contributed by atoms with Gasteiger partial charge in [-0.2, -0.15) is 31.2 Å². The highest BCUT2D eigenvalue weighted by atomic mass is 19.4. The molecule has 1 aliphatic heterocycles. The lowest BCUT2D eigenvalue weighted by atomic mass is 9.74. The summed E-state index contributed by atoms with van der Waals surface area (Å²) in [7, 11) is 0. The molecule has 1 aromatic carbocycles. The molecule has 0 radical (unpaired) electrons. The Morgan fingerprint density at radius 3 is 1.97 bits per heavy atom. The molecule has 0 atom stereocenters. The lowest BCUT2D eigenvalue weighted by Crippen LogP contribution is -2.40. The summed E-state index contributed by atoms with van der Waals surface area (Å²) in [5.41, 5.74) is -3.27. The second-order valence-corrected chi connectivity index (χ2v) is 7.92. The number of alkyl halides is 6. The van der Waals surface area contributed by atoms with Gasteiger partial charge in [0.25, 0.3) is 0 Å². The standard InChI is InChI=1S/C20H22F6N2O/c1-18(2,13-27-29)15-5-8-28(9-6-15)7-3-4-14-10-16(19(21,22)23)12-17(11-14)20(24,25)26/h10-12,15H,5-9,13H2,1-2H3. The molecule has 1 aliphatic rings. The van der Waals surface area contributed by atoms with E-state index in [1.54, 1.807) is 0 Å². The van der Waals surface area contributed by atoms with Crippen molar-refractivity contribution >= 4 is 0 Å². The van der Waals surface area contributed by atoms with Gasteiger partial charge in [-0.1, -0.05) is 30.9 Å². The second-order valence-electron chi connectivity index (χ2n) is 7.92. The van der Waals surface area contributed by atoms with E-state index >= 15 is 0 Å². The second kappa shape index (κ2) is 8.74. The molecule has 0 unspecified atom stereocenters. The molecule has 3 nitrogen and oxygen atoms in total. The van der Waals surface area contributed by atoms with Crippen LogP contribution < -0.4 is 0 Å². The Kier molecular flexibility index (Phi) is 6.99. The fraction of sp³-hybridized carbons (Fsp3) is 0.600. The van der Waals surface area contributed by atoms with Crippen molar-refractivity contribution < 1.29 is 26.3 Å². The van der Waals surface area contributed by atoms with Gasteiger partial charge in [0.15, 0.2) is 0 Å². The summed E-state index contributed by atoms with van der Waals surface area (Å²) < 4.78 is 77.3. The molecule has 29 heavy (non-hydrogen) atoms. The summed E-state index contributed by atoms with van der Waals surface area (Å²) >= 11 is 0. The minimum absolute atomic E-state index is 0.0892. The molecule has 0 aliphatic carbocycles. The molecule has 0 amide bonds. The Morgan fingerprint density at radius 1 is 1.00 bits per heavy atom. The maximum atomic E-state index is 12.9. The Bertz CT molecular complexity index is 749. The largest absolute Gasteiger partial charge is 0.416 e. The summed E-state index contributed by atoms with van der Waals surface area (Å²) in [6.45, 7) is 5.84. The van der Waals surface area contributed by atoms with Gasteiger partial charge in [-0.05, 0) is 55.5 Å². The highest BCUT2D eigenvalue weighted by Gasteiger charge is 2.37. The van der Waals surface area contributed by atoms with Gasteiger partial charge in [0.1, 0.15) is 0 Å². The Balaban J connectivity index is 2.06. The number of nitrogens with zero attached hydrogens (tertiary/aromatic N) is 2. The zero-order valence-corrected chi connectivity index (χ0v) is 16.1. The maximum absolute atomic E-state index is 12.9. The van der Waals surface area contributed by atoms with Gasteiger partial charge in [-0.25, -0.2) is 0 Å². The van der Waals surface area contributed by atoms with Gasteiger partial charge in [0.05, 0.1) is 24.2 Å². The molecule has 9 heteroatoms. The van der Waals surface area contributed by atoms with Crippen molar-refractivity contribution in [3.05, 3.63) is 39.8 Å². The normalized spacial score (nSPS) is 17.0. The zero-order valence-electron chi connectivity index (χ0n) is 16.1. The molecule has 1 saturated heterocycles. The van der Waals surface area contributed by atoms with Crippen LogP contribution in [0.5, 0.6) is 0 Å². The summed E-state index contributed by atoms with van der Waals surface area (Å²) in [5, 5.41) is 2.99. The first-order valence-corrected chi connectivity index (χ1v) is 9.13. The molecule has 0 bridgehead atoms. The molecule has 1 heterocycles. The van der Waals surface area contributed by atoms with Gasteiger partial charge in [0.2, 0.25) is 0 Å². The van der Waals surface area contributed by atoms with Crippen LogP contribution in [-0.4, -0.2) is 31.1 Å². The van der Waals surface area contributed by atoms with Crippen LogP contribution in [0.4, 0.5) is 26.3 Å². The van der Waals surface area contributed by atoms with Gasteiger partial charge >= 0.3 is 12.4 Å². The smallest absolute Gasteiger partial charge is 0.292 e. The number of nitroso groups, excluding NO2 is 1. The molecule has 2 rings (SSSR count). The minimum atomic E-state index is -4.89. The highest BCUT2D eigenvalue weighted by molar-refractivity contribution is 5.42. The van der Waals surface area contributed by atoms with Crippen LogP contribution >= 0.6 is 0 Å². The molecule has 0 N–H and O–H groups in total. The van der Waals surface area contributed by atoms with Crippen LogP contribution in [0, 0.1) is 28.1 Å². The van der Waals surface area contributed by atoms with Crippen molar-refractivity contribution in [2.75, 3.05) is 26.2 Å². The topological polar surface area (TPSA) is 32.7 Å². The van der Waals surface area contributed by atoms with E-state index in [4.69, 9.17) is 0 Å². The Hall–Kier alpha value is -2.08. The number of hydrogen-bond acceptors (Lipinski definition) is 3. The summed E-state index contributed by atoms with van der Waals surface area (Å²) in [4.78, 5) is 12.5. The molecule has 160 valence electrons. The number of rotatable bonds is 4. The number of likely N-dealkylation sites (tertiary alicyclic amines) is 1. The third kappa shape index (κ3) is 6.46. The third-order valence-corrected chi connectivity index (χ3v) is 5.29. The quantitative estimate of drug-likeness (QED) is 0.362. The van der Waals surface area contributed by atoms with Gasteiger partial charge in [-0.3, -0.25) is 4.90 Å².